The van der Waals surface area contributed by atoms with E-state index in [0.29, 0.717) is 0 Å². The number of rotatable bonds is 0. The molecule has 0 aromatic rings. The molecule has 0 amide bonds. The molecule has 4 heteroatoms. The van der Waals surface area contributed by atoms with Gasteiger partial charge in [0.1, 0.15) is 0 Å². The Bertz CT molecular complexity index is 133. The second kappa shape index (κ2) is 2.66. The van der Waals surface area contributed by atoms with Crippen LogP contribution in [0.25, 0.3) is 0 Å². The highest BCUT2D eigenvalue weighted by Gasteiger charge is 2.50. The Morgan fingerprint density at radius 1 is 1.27 bits per heavy atom. The lowest BCUT2D eigenvalue weighted by Crippen LogP contribution is -2.32. The molecule has 0 saturated carbocycles. The van der Waals surface area contributed by atoms with Crippen LogP contribution < -0.4 is 0 Å². The van der Waals surface area contributed by atoms with E-state index in [0.717, 1.165) is 0 Å². The third-order valence-corrected chi connectivity index (χ3v) is 2.12. The van der Waals surface area contributed by atoms with E-state index in [-0.39, 0.29) is 6.61 Å². The zero-order valence-electron chi connectivity index (χ0n) is 6.48. The lowest BCUT2D eigenvalue weighted by Gasteiger charge is -2.20. The normalized spacial score (nSPS) is 39.5. The third kappa shape index (κ3) is 1.67. The maximum Gasteiger partial charge on any atom is 0.394 e. The van der Waals surface area contributed by atoms with Crippen molar-refractivity contribution in [2.75, 3.05) is 6.61 Å². The van der Waals surface area contributed by atoms with E-state index in [1.54, 1.807) is 6.92 Å². The molecule has 3 unspecified atom stereocenters. The summed E-state index contributed by atoms with van der Waals surface area (Å²) in [4.78, 5) is 0. The Hall–Kier alpha value is -0.250. The second-order valence-corrected chi connectivity index (χ2v) is 3.08. The highest BCUT2D eigenvalue weighted by Crippen LogP contribution is 2.39. The molecule has 66 valence electrons. The molecular weight excluding hydrogens is 157 g/mol. The molecule has 0 bridgehead atoms. The van der Waals surface area contributed by atoms with Crippen LogP contribution in [-0.4, -0.2) is 18.9 Å². The van der Waals surface area contributed by atoms with Crippen molar-refractivity contribution in [3.8, 4) is 0 Å². The lowest BCUT2D eigenvalue weighted by molar-refractivity contribution is -0.191. The van der Waals surface area contributed by atoms with Gasteiger partial charge in [-0.15, -0.1) is 0 Å². The molecule has 0 N–H and O–H groups in total. The van der Waals surface area contributed by atoms with Crippen LogP contribution in [0.15, 0.2) is 0 Å². The molecule has 1 fully saturated rings. The number of alkyl halides is 3. The molecule has 0 aliphatic carbocycles. The molecule has 1 aliphatic heterocycles. The average Bonchev–Trinajstić information content (AvgIpc) is 2.08. The van der Waals surface area contributed by atoms with Crippen LogP contribution in [0.1, 0.15) is 13.8 Å². The smallest absolute Gasteiger partial charge is 0.378 e. The van der Waals surface area contributed by atoms with Crippen LogP contribution in [0.2, 0.25) is 0 Å². The Kier molecular flexibility index (Phi) is 2.14. The average molecular weight is 168 g/mol. The van der Waals surface area contributed by atoms with Gasteiger partial charge in [0, 0.05) is 0 Å². The molecule has 0 spiro atoms. The van der Waals surface area contributed by atoms with Gasteiger partial charge in [0.2, 0.25) is 0 Å². The summed E-state index contributed by atoms with van der Waals surface area (Å²) in [6, 6.07) is 0. The van der Waals surface area contributed by atoms with Gasteiger partial charge in [-0.3, -0.25) is 0 Å². The van der Waals surface area contributed by atoms with Gasteiger partial charge in [-0.1, -0.05) is 6.92 Å². The predicted molar refractivity (Wildman–Crippen MR) is 34.1 cm³/mol. The van der Waals surface area contributed by atoms with Crippen molar-refractivity contribution in [1.82, 2.24) is 0 Å². The first kappa shape index (κ1) is 8.84. The minimum atomic E-state index is -4.10. The number of hydrogen-bond acceptors (Lipinski definition) is 1. The van der Waals surface area contributed by atoms with E-state index in [1.165, 1.54) is 6.92 Å². The Morgan fingerprint density at radius 3 is 2.00 bits per heavy atom. The summed E-state index contributed by atoms with van der Waals surface area (Å²) in [5, 5.41) is 0. The number of halogens is 3. The molecule has 1 rings (SSSR count). The van der Waals surface area contributed by atoms with Crippen LogP contribution in [0.5, 0.6) is 0 Å². The van der Waals surface area contributed by atoms with E-state index in [2.05, 4.69) is 0 Å². The van der Waals surface area contributed by atoms with Crippen LogP contribution in [-0.2, 0) is 4.74 Å². The van der Waals surface area contributed by atoms with E-state index < -0.39 is 24.1 Å². The van der Waals surface area contributed by atoms with E-state index >= 15 is 0 Å². The summed E-state index contributed by atoms with van der Waals surface area (Å²) in [6.07, 6.45) is -4.78. The van der Waals surface area contributed by atoms with Gasteiger partial charge in [-0.2, -0.15) is 13.2 Å². The van der Waals surface area contributed by atoms with Crippen LogP contribution in [0, 0.1) is 11.8 Å². The summed E-state index contributed by atoms with van der Waals surface area (Å²) < 4.78 is 41.4. The fourth-order valence-corrected chi connectivity index (χ4v) is 1.56. The van der Waals surface area contributed by atoms with E-state index in [4.69, 9.17) is 4.74 Å². The van der Waals surface area contributed by atoms with Crippen molar-refractivity contribution in [3.63, 3.8) is 0 Å². The Morgan fingerprint density at radius 2 is 1.82 bits per heavy atom. The second-order valence-electron chi connectivity index (χ2n) is 3.08. The molecule has 1 heterocycles. The van der Waals surface area contributed by atoms with Gasteiger partial charge >= 0.3 is 6.18 Å². The molecule has 1 nitrogen and oxygen atoms in total. The SMILES string of the molecule is CC1COC(C)C1C(F)(F)F. The highest BCUT2D eigenvalue weighted by molar-refractivity contribution is 4.83. The molecule has 0 aromatic carbocycles. The minimum absolute atomic E-state index is 0.228. The summed E-state index contributed by atoms with van der Waals surface area (Å²) in [5.74, 6) is -1.67. The first-order valence-electron chi connectivity index (χ1n) is 3.61. The monoisotopic (exact) mass is 168 g/mol. The van der Waals surface area contributed by atoms with E-state index in [1.807, 2.05) is 0 Å². The number of hydrogen-bond donors (Lipinski definition) is 0. The van der Waals surface area contributed by atoms with Crippen LogP contribution in [0.3, 0.4) is 0 Å². The van der Waals surface area contributed by atoms with Gasteiger partial charge in [-0.25, -0.2) is 0 Å². The quantitative estimate of drug-likeness (QED) is 0.539. The van der Waals surface area contributed by atoms with Crippen LogP contribution in [0.4, 0.5) is 13.2 Å². The van der Waals surface area contributed by atoms with Gasteiger partial charge in [0.25, 0.3) is 0 Å². The summed E-state index contributed by atoms with van der Waals surface area (Å²) in [7, 11) is 0. The zero-order chi connectivity index (χ0) is 8.65. The largest absolute Gasteiger partial charge is 0.394 e. The van der Waals surface area contributed by atoms with Gasteiger partial charge < -0.3 is 4.74 Å². The summed E-state index contributed by atoms with van der Waals surface area (Å²) >= 11 is 0. The standard InChI is InChI=1S/C7H11F3O/c1-4-3-11-5(2)6(4)7(8,9)10/h4-6H,3H2,1-2H3. The molecule has 1 aliphatic rings. The summed E-state index contributed by atoms with van der Waals surface area (Å²) in [5.41, 5.74) is 0. The predicted octanol–water partition coefficient (Wildman–Crippen LogP) is 2.22. The molecule has 3 atom stereocenters. The molecule has 11 heavy (non-hydrogen) atoms. The topological polar surface area (TPSA) is 9.23 Å². The lowest BCUT2D eigenvalue weighted by atomic mass is 9.93. The van der Waals surface area contributed by atoms with Gasteiger partial charge in [-0.05, 0) is 12.8 Å². The highest BCUT2D eigenvalue weighted by atomic mass is 19.4. The van der Waals surface area contributed by atoms with Gasteiger partial charge in [0.05, 0.1) is 18.6 Å². The Labute approximate surface area is 63.5 Å². The molecular formula is C7H11F3O. The van der Waals surface area contributed by atoms with Crippen molar-refractivity contribution in [2.24, 2.45) is 11.8 Å². The molecule has 1 saturated heterocycles. The van der Waals surface area contributed by atoms with Crippen molar-refractivity contribution < 1.29 is 17.9 Å². The third-order valence-electron chi connectivity index (χ3n) is 2.12. The van der Waals surface area contributed by atoms with Crippen molar-refractivity contribution in [2.45, 2.75) is 26.1 Å². The fourth-order valence-electron chi connectivity index (χ4n) is 1.56. The first-order valence-corrected chi connectivity index (χ1v) is 3.61. The molecule has 0 aromatic heterocycles. The fraction of sp³-hybridized carbons (Fsp3) is 1.00. The summed E-state index contributed by atoms with van der Waals surface area (Å²) in [6.45, 7) is 3.27. The van der Waals surface area contributed by atoms with Crippen LogP contribution >= 0.6 is 0 Å². The van der Waals surface area contributed by atoms with Gasteiger partial charge in [0.15, 0.2) is 0 Å². The molecule has 0 radical (unpaired) electrons. The van der Waals surface area contributed by atoms with Crippen molar-refractivity contribution >= 4 is 0 Å². The first-order chi connectivity index (χ1) is 4.93. The Balaban J connectivity index is 2.69. The number of ether oxygens (including phenoxy) is 1. The van der Waals surface area contributed by atoms with E-state index in [9.17, 15) is 13.2 Å². The maximum absolute atomic E-state index is 12.2. The maximum atomic E-state index is 12.2. The van der Waals surface area contributed by atoms with Crippen molar-refractivity contribution in [1.29, 1.82) is 0 Å². The van der Waals surface area contributed by atoms with Crippen molar-refractivity contribution in [3.05, 3.63) is 0 Å². The minimum Gasteiger partial charge on any atom is -0.378 e. The zero-order valence-corrected chi connectivity index (χ0v) is 6.48.